The first-order chi connectivity index (χ1) is 9.20. The summed E-state index contributed by atoms with van der Waals surface area (Å²) in [6.07, 6.45) is 4.48. The summed E-state index contributed by atoms with van der Waals surface area (Å²) in [6.45, 7) is 7.63. The maximum absolute atomic E-state index is 12.6. The second-order valence-electron chi connectivity index (χ2n) is 5.65. The Bertz CT molecular complexity index is 410. The molecule has 2 rings (SSSR count). The quantitative estimate of drug-likeness (QED) is 0.772. The highest BCUT2D eigenvalue weighted by molar-refractivity contribution is 5.97. The molecule has 1 aliphatic heterocycles. The Morgan fingerprint density at radius 2 is 1.89 bits per heavy atom. The van der Waals surface area contributed by atoms with Crippen molar-refractivity contribution in [2.75, 3.05) is 19.6 Å². The van der Waals surface area contributed by atoms with Crippen molar-refractivity contribution in [3.63, 3.8) is 0 Å². The number of hydrogen-bond donors (Lipinski definition) is 0. The van der Waals surface area contributed by atoms with Crippen LogP contribution in [0.4, 0.5) is 0 Å². The molecule has 0 spiro atoms. The van der Waals surface area contributed by atoms with Crippen molar-refractivity contribution in [1.82, 2.24) is 4.90 Å². The Morgan fingerprint density at radius 3 is 2.58 bits per heavy atom. The molecule has 0 bridgehead atoms. The van der Waals surface area contributed by atoms with Gasteiger partial charge in [0, 0.05) is 11.5 Å². The topological polar surface area (TPSA) is 20.3 Å². The van der Waals surface area contributed by atoms with Crippen molar-refractivity contribution in [3.05, 3.63) is 35.4 Å². The lowest BCUT2D eigenvalue weighted by atomic mass is 9.88. The summed E-state index contributed by atoms with van der Waals surface area (Å²) in [7, 11) is 0. The van der Waals surface area contributed by atoms with Crippen LogP contribution in [-0.4, -0.2) is 30.3 Å². The lowest BCUT2D eigenvalue weighted by Crippen LogP contribution is -2.31. The number of benzene rings is 1. The number of Topliss-reactive ketones (excluding diaryl/α,β-unsaturated/α-hetero) is 1. The predicted octanol–water partition coefficient (Wildman–Crippen LogP) is 3.69. The first-order valence-corrected chi connectivity index (χ1v) is 7.54. The normalized spacial score (nSPS) is 21.7. The highest BCUT2D eigenvalue weighted by atomic mass is 16.1. The van der Waals surface area contributed by atoms with Crippen LogP contribution in [0.15, 0.2) is 24.3 Å². The van der Waals surface area contributed by atoms with Crippen LogP contribution < -0.4 is 0 Å². The Balaban J connectivity index is 2.02. The summed E-state index contributed by atoms with van der Waals surface area (Å²) in [5.74, 6) is 0.565. The summed E-state index contributed by atoms with van der Waals surface area (Å²) in [5.41, 5.74) is 2.10. The molecule has 1 aromatic carbocycles. The van der Waals surface area contributed by atoms with Gasteiger partial charge in [0.1, 0.15) is 0 Å². The first kappa shape index (κ1) is 14.3. The first-order valence-electron chi connectivity index (χ1n) is 7.54. The number of aryl methyl sites for hydroxylation is 1. The molecule has 0 aliphatic carbocycles. The van der Waals surface area contributed by atoms with Gasteiger partial charge in [-0.25, -0.2) is 0 Å². The Kier molecular flexibility index (Phi) is 5.15. The van der Waals surface area contributed by atoms with Gasteiger partial charge in [-0.2, -0.15) is 0 Å². The number of ketones is 1. The van der Waals surface area contributed by atoms with Crippen molar-refractivity contribution in [3.8, 4) is 0 Å². The van der Waals surface area contributed by atoms with Crippen LogP contribution in [0, 0.1) is 12.8 Å². The minimum atomic E-state index is 0.219. The molecule has 104 valence electrons. The van der Waals surface area contributed by atoms with E-state index in [0.29, 0.717) is 5.78 Å². The monoisotopic (exact) mass is 259 g/mol. The van der Waals surface area contributed by atoms with Crippen molar-refractivity contribution >= 4 is 5.78 Å². The molecule has 0 radical (unpaired) electrons. The molecule has 0 amide bonds. The van der Waals surface area contributed by atoms with Crippen LogP contribution in [0.25, 0.3) is 0 Å². The summed E-state index contributed by atoms with van der Waals surface area (Å²) >= 11 is 0. The summed E-state index contributed by atoms with van der Waals surface area (Å²) < 4.78 is 0. The Hall–Kier alpha value is -1.15. The molecule has 1 unspecified atom stereocenters. The fourth-order valence-electron chi connectivity index (χ4n) is 2.85. The molecule has 0 aromatic heterocycles. The van der Waals surface area contributed by atoms with Gasteiger partial charge < -0.3 is 4.90 Å². The van der Waals surface area contributed by atoms with E-state index >= 15 is 0 Å². The third-order valence-electron chi connectivity index (χ3n) is 4.22. The highest BCUT2D eigenvalue weighted by Crippen LogP contribution is 2.22. The standard InChI is InChI=1S/C17H25NO/c1-3-18-12-5-4-6-15(11-13-18)17(19)16-9-7-14(2)8-10-16/h7-10,15H,3-6,11-13H2,1-2H3. The van der Waals surface area contributed by atoms with Crippen molar-refractivity contribution in [1.29, 1.82) is 0 Å². The minimum absolute atomic E-state index is 0.219. The smallest absolute Gasteiger partial charge is 0.165 e. The number of likely N-dealkylation sites (tertiary alicyclic amines) is 1. The predicted molar refractivity (Wildman–Crippen MR) is 79.6 cm³/mol. The van der Waals surface area contributed by atoms with Gasteiger partial charge in [0.05, 0.1) is 0 Å². The van der Waals surface area contributed by atoms with E-state index in [9.17, 15) is 4.79 Å². The van der Waals surface area contributed by atoms with E-state index in [4.69, 9.17) is 0 Å². The van der Waals surface area contributed by atoms with Gasteiger partial charge in [0.15, 0.2) is 5.78 Å². The van der Waals surface area contributed by atoms with Crippen LogP contribution in [-0.2, 0) is 0 Å². The van der Waals surface area contributed by atoms with Crippen LogP contribution in [0.5, 0.6) is 0 Å². The molecule has 1 fully saturated rings. The van der Waals surface area contributed by atoms with E-state index in [1.807, 2.05) is 24.3 Å². The van der Waals surface area contributed by atoms with E-state index in [1.165, 1.54) is 24.9 Å². The molecule has 1 aromatic rings. The molecule has 1 aliphatic rings. The molecule has 2 heteroatoms. The lowest BCUT2D eigenvalue weighted by molar-refractivity contribution is 0.0881. The zero-order valence-corrected chi connectivity index (χ0v) is 12.2. The maximum Gasteiger partial charge on any atom is 0.165 e. The third-order valence-corrected chi connectivity index (χ3v) is 4.22. The van der Waals surface area contributed by atoms with Crippen molar-refractivity contribution in [2.24, 2.45) is 5.92 Å². The molecule has 0 N–H and O–H groups in total. The molecular formula is C17H25NO. The Labute approximate surface area is 116 Å². The lowest BCUT2D eigenvalue weighted by Gasteiger charge is -2.26. The zero-order valence-electron chi connectivity index (χ0n) is 12.2. The molecule has 1 heterocycles. The number of rotatable bonds is 3. The van der Waals surface area contributed by atoms with Gasteiger partial charge in [0.25, 0.3) is 0 Å². The van der Waals surface area contributed by atoms with Gasteiger partial charge in [0.2, 0.25) is 0 Å². The van der Waals surface area contributed by atoms with Crippen molar-refractivity contribution < 1.29 is 4.79 Å². The number of hydrogen-bond acceptors (Lipinski definition) is 2. The van der Waals surface area contributed by atoms with Gasteiger partial charge in [-0.05, 0) is 45.8 Å². The zero-order chi connectivity index (χ0) is 13.7. The van der Waals surface area contributed by atoms with E-state index < -0.39 is 0 Å². The van der Waals surface area contributed by atoms with E-state index in [1.54, 1.807) is 0 Å². The number of carbonyl (C=O) groups is 1. The average Bonchev–Trinajstić information content (AvgIpc) is 2.39. The molecule has 1 saturated heterocycles. The largest absolute Gasteiger partial charge is 0.304 e. The fourth-order valence-corrected chi connectivity index (χ4v) is 2.85. The summed E-state index contributed by atoms with van der Waals surface area (Å²) in [5, 5.41) is 0. The maximum atomic E-state index is 12.6. The van der Waals surface area contributed by atoms with Crippen LogP contribution in [0.1, 0.15) is 48.5 Å². The fraction of sp³-hybridized carbons (Fsp3) is 0.588. The highest BCUT2D eigenvalue weighted by Gasteiger charge is 2.22. The van der Waals surface area contributed by atoms with Crippen molar-refractivity contribution in [2.45, 2.75) is 39.5 Å². The van der Waals surface area contributed by atoms with Gasteiger partial charge in [-0.3, -0.25) is 4.79 Å². The van der Waals surface area contributed by atoms with E-state index in [-0.39, 0.29) is 5.92 Å². The molecule has 19 heavy (non-hydrogen) atoms. The van der Waals surface area contributed by atoms with E-state index in [2.05, 4.69) is 18.7 Å². The minimum Gasteiger partial charge on any atom is -0.304 e. The van der Waals surface area contributed by atoms with E-state index in [0.717, 1.165) is 31.5 Å². The van der Waals surface area contributed by atoms with Crippen LogP contribution >= 0.6 is 0 Å². The Morgan fingerprint density at radius 1 is 1.16 bits per heavy atom. The molecule has 2 nitrogen and oxygen atoms in total. The second kappa shape index (κ2) is 6.85. The van der Waals surface area contributed by atoms with Gasteiger partial charge in [-0.15, -0.1) is 0 Å². The van der Waals surface area contributed by atoms with Crippen LogP contribution in [0.2, 0.25) is 0 Å². The summed E-state index contributed by atoms with van der Waals surface area (Å²) in [6, 6.07) is 8.03. The SMILES string of the molecule is CCN1CCCCC(C(=O)c2ccc(C)cc2)CC1. The average molecular weight is 259 g/mol. The number of carbonyl (C=O) groups excluding carboxylic acids is 1. The summed E-state index contributed by atoms with van der Waals surface area (Å²) in [4.78, 5) is 15.0. The molecule has 0 saturated carbocycles. The molecule has 1 atom stereocenters. The third kappa shape index (κ3) is 3.90. The second-order valence-corrected chi connectivity index (χ2v) is 5.65. The number of nitrogens with zero attached hydrogens (tertiary/aromatic N) is 1. The molecular weight excluding hydrogens is 234 g/mol. The van der Waals surface area contributed by atoms with Gasteiger partial charge >= 0.3 is 0 Å². The van der Waals surface area contributed by atoms with Gasteiger partial charge in [-0.1, -0.05) is 43.2 Å². The van der Waals surface area contributed by atoms with Crippen LogP contribution in [0.3, 0.4) is 0 Å².